The smallest absolute Gasteiger partial charge is 0.268 e. The lowest BCUT2D eigenvalue weighted by atomic mass is 10.1. The Morgan fingerprint density at radius 2 is 1.65 bits per heavy atom. The summed E-state index contributed by atoms with van der Waals surface area (Å²) in [5.41, 5.74) is 2.61. The van der Waals surface area contributed by atoms with E-state index in [-0.39, 0.29) is 5.91 Å². The fourth-order valence-electron chi connectivity index (χ4n) is 2.35. The summed E-state index contributed by atoms with van der Waals surface area (Å²) in [5.74, 6) is 1.45. The van der Waals surface area contributed by atoms with Crippen LogP contribution in [-0.4, -0.2) is 24.4 Å². The van der Waals surface area contributed by atoms with Gasteiger partial charge in [0, 0.05) is 16.2 Å². The van der Waals surface area contributed by atoms with E-state index in [9.17, 15) is 4.79 Å². The lowest BCUT2D eigenvalue weighted by Crippen LogP contribution is -2.24. The number of hydrogen-bond donors (Lipinski definition) is 0. The van der Waals surface area contributed by atoms with E-state index >= 15 is 0 Å². The number of rotatable bonds is 3. The van der Waals surface area contributed by atoms with Crippen molar-refractivity contribution in [2.45, 2.75) is 11.8 Å². The number of fused-ring (bicyclic) bond motifs is 1. The molecule has 23 heavy (non-hydrogen) atoms. The minimum absolute atomic E-state index is 0.0557. The van der Waals surface area contributed by atoms with Gasteiger partial charge in [-0.3, -0.25) is 4.79 Å². The zero-order valence-electron chi connectivity index (χ0n) is 13.2. The van der Waals surface area contributed by atoms with Crippen LogP contribution in [0.1, 0.15) is 22.8 Å². The lowest BCUT2D eigenvalue weighted by molar-refractivity contribution is 0.0898. The molecule has 1 amide bonds. The van der Waals surface area contributed by atoms with Crippen LogP contribution in [0.15, 0.2) is 53.1 Å². The van der Waals surface area contributed by atoms with Gasteiger partial charge in [0.05, 0.1) is 14.2 Å². The Balaban J connectivity index is 1.89. The number of amides is 1. The summed E-state index contributed by atoms with van der Waals surface area (Å²) >= 11 is 1.41. The maximum Gasteiger partial charge on any atom is 0.268 e. The van der Waals surface area contributed by atoms with Crippen molar-refractivity contribution in [2.24, 2.45) is 0 Å². The van der Waals surface area contributed by atoms with Crippen LogP contribution >= 0.6 is 11.9 Å². The summed E-state index contributed by atoms with van der Waals surface area (Å²) in [6.07, 6.45) is 2.01. The molecule has 0 bridgehead atoms. The van der Waals surface area contributed by atoms with Crippen LogP contribution < -0.4 is 9.47 Å². The fraction of sp³-hybridized carbons (Fsp3) is 0.167. The van der Waals surface area contributed by atoms with Gasteiger partial charge in [-0.05, 0) is 66.9 Å². The molecular formula is C18H17NO3S. The first-order valence-electron chi connectivity index (χ1n) is 7.15. The normalized spacial score (nSPS) is 13.2. The second kappa shape index (κ2) is 6.38. The molecule has 0 saturated carbocycles. The third kappa shape index (κ3) is 3.05. The molecule has 1 aliphatic heterocycles. The molecule has 0 unspecified atom stereocenters. The quantitative estimate of drug-likeness (QED) is 0.791. The number of hydrogen-bond acceptors (Lipinski definition) is 4. The molecule has 0 aromatic heterocycles. The van der Waals surface area contributed by atoms with Crippen LogP contribution in [0.3, 0.4) is 0 Å². The van der Waals surface area contributed by atoms with E-state index in [1.54, 1.807) is 42.8 Å². The Kier molecular flexibility index (Phi) is 4.30. The molecule has 0 saturated heterocycles. The second-order valence-electron chi connectivity index (χ2n) is 5.11. The average molecular weight is 327 g/mol. The van der Waals surface area contributed by atoms with Gasteiger partial charge in [-0.2, -0.15) is 0 Å². The molecule has 5 heteroatoms. The third-order valence-corrected chi connectivity index (χ3v) is 4.80. The van der Waals surface area contributed by atoms with Gasteiger partial charge in [0.15, 0.2) is 0 Å². The van der Waals surface area contributed by atoms with Crippen LogP contribution in [-0.2, 0) is 0 Å². The molecule has 3 rings (SSSR count). The van der Waals surface area contributed by atoms with Crippen LogP contribution in [0.25, 0.3) is 6.08 Å². The molecule has 118 valence electrons. The molecule has 0 N–H and O–H groups in total. The molecular weight excluding hydrogens is 310 g/mol. The molecule has 2 aromatic carbocycles. The molecule has 1 heterocycles. The topological polar surface area (TPSA) is 38.8 Å². The maximum absolute atomic E-state index is 12.8. The standard InChI is InChI=1S/C18H17NO3S/c1-12-10-14-6-9-16(22-3)11-17(14)23-19(12)18(20)13-4-7-15(21-2)8-5-13/h4-11H,1-3H3. The van der Waals surface area contributed by atoms with Crippen molar-refractivity contribution in [1.82, 2.24) is 4.31 Å². The Morgan fingerprint density at radius 1 is 1.00 bits per heavy atom. The van der Waals surface area contributed by atoms with E-state index in [1.165, 1.54) is 11.9 Å². The lowest BCUT2D eigenvalue weighted by Gasteiger charge is -2.27. The maximum atomic E-state index is 12.8. The van der Waals surface area contributed by atoms with Gasteiger partial charge in [0.2, 0.25) is 0 Å². The first-order chi connectivity index (χ1) is 11.1. The summed E-state index contributed by atoms with van der Waals surface area (Å²) in [4.78, 5) is 13.8. The number of ether oxygens (including phenoxy) is 2. The summed E-state index contributed by atoms with van der Waals surface area (Å²) in [5, 5.41) is 0. The minimum atomic E-state index is -0.0557. The van der Waals surface area contributed by atoms with Crippen molar-refractivity contribution >= 4 is 23.9 Å². The number of methoxy groups -OCH3 is 2. The van der Waals surface area contributed by atoms with Gasteiger partial charge < -0.3 is 9.47 Å². The Morgan fingerprint density at radius 3 is 2.30 bits per heavy atom. The molecule has 0 fully saturated rings. The highest BCUT2D eigenvalue weighted by molar-refractivity contribution is 7.97. The molecule has 2 aromatic rings. The first kappa shape index (κ1) is 15.5. The summed E-state index contributed by atoms with van der Waals surface area (Å²) in [6, 6.07) is 13.0. The molecule has 0 atom stereocenters. The third-order valence-electron chi connectivity index (χ3n) is 3.62. The number of carbonyl (C=O) groups is 1. The molecule has 0 radical (unpaired) electrons. The number of benzene rings is 2. The predicted octanol–water partition coefficient (Wildman–Crippen LogP) is 4.23. The van der Waals surface area contributed by atoms with E-state index in [1.807, 2.05) is 31.2 Å². The van der Waals surface area contributed by atoms with Crippen molar-refractivity contribution in [3.05, 3.63) is 59.3 Å². The Bertz CT molecular complexity index is 768. The summed E-state index contributed by atoms with van der Waals surface area (Å²) < 4.78 is 12.1. The average Bonchev–Trinajstić information content (AvgIpc) is 2.60. The van der Waals surface area contributed by atoms with Gasteiger partial charge in [0.1, 0.15) is 11.5 Å². The molecule has 0 spiro atoms. The van der Waals surface area contributed by atoms with E-state index in [0.717, 1.165) is 27.7 Å². The zero-order valence-corrected chi connectivity index (χ0v) is 14.0. The molecule has 1 aliphatic rings. The summed E-state index contributed by atoms with van der Waals surface area (Å²) in [6.45, 7) is 1.93. The van der Waals surface area contributed by atoms with Crippen LogP contribution in [0.5, 0.6) is 11.5 Å². The fourth-order valence-corrected chi connectivity index (χ4v) is 3.33. The van der Waals surface area contributed by atoms with Crippen molar-refractivity contribution in [3.63, 3.8) is 0 Å². The first-order valence-corrected chi connectivity index (χ1v) is 7.92. The Hall–Kier alpha value is -2.40. The highest BCUT2D eigenvalue weighted by Crippen LogP contribution is 2.38. The number of allylic oxidation sites excluding steroid dienone is 1. The van der Waals surface area contributed by atoms with Crippen molar-refractivity contribution in [1.29, 1.82) is 0 Å². The largest absolute Gasteiger partial charge is 0.497 e. The van der Waals surface area contributed by atoms with Gasteiger partial charge in [-0.15, -0.1) is 0 Å². The van der Waals surface area contributed by atoms with Gasteiger partial charge in [-0.1, -0.05) is 6.07 Å². The van der Waals surface area contributed by atoms with Gasteiger partial charge in [0.25, 0.3) is 5.91 Å². The van der Waals surface area contributed by atoms with E-state index < -0.39 is 0 Å². The highest BCUT2D eigenvalue weighted by Gasteiger charge is 2.24. The SMILES string of the molecule is COc1ccc(C(=O)N2Sc3cc(OC)ccc3C=C2C)cc1. The van der Waals surface area contributed by atoms with E-state index in [4.69, 9.17) is 9.47 Å². The zero-order chi connectivity index (χ0) is 16.4. The van der Waals surface area contributed by atoms with Gasteiger partial charge >= 0.3 is 0 Å². The van der Waals surface area contributed by atoms with Crippen molar-refractivity contribution < 1.29 is 14.3 Å². The predicted molar refractivity (Wildman–Crippen MR) is 91.7 cm³/mol. The number of nitrogens with zero attached hydrogens (tertiary/aromatic N) is 1. The number of carbonyl (C=O) groups excluding carboxylic acids is 1. The van der Waals surface area contributed by atoms with Crippen molar-refractivity contribution in [2.75, 3.05) is 14.2 Å². The van der Waals surface area contributed by atoms with Crippen LogP contribution in [0.2, 0.25) is 0 Å². The van der Waals surface area contributed by atoms with E-state index in [0.29, 0.717) is 5.56 Å². The molecule has 0 aliphatic carbocycles. The summed E-state index contributed by atoms with van der Waals surface area (Å²) in [7, 11) is 3.24. The van der Waals surface area contributed by atoms with Crippen LogP contribution in [0.4, 0.5) is 0 Å². The molecule has 4 nitrogen and oxygen atoms in total. The minimum Gasteiger partial charge on any atom is -0.497 e. The monoisotopic (exact) mass is 327 g/mol. The van der Waals surface area contributed by atoms with Gasteiger partial charge in [-0.25, -0.2) is 4.31 Å². The van der Waals surface area contributed by atoms with Crippen molar-refractivity contribution in [3.8, 4) is 11.5 Å². The van der Waals surface area contributed by atoms with E-state index in [2.05, 4.69) is 0 Å². The Labute approximate surface area is 139 Å². The van der Waals surface area contributed by atoms with Crippen LogP contribution in [0, 0.1) is 0 Å². The highest BCUT2D eigenvalue weighted by atomic mass is 32.2. The second-order valence-corrected chi connectivity index (χ2v) is 6.10.